The molecule has 2 rings (SSSR count). The summed E-state index contributed by atoms with van der Waals surface area (Å²) >= 11 is 0. The minimum atomic E-state index is 0.469. The van der Waals surface area contributed by atoms with Gasteiger partial charge in [-0.1, -0.05) is 26.0 Å². The molecule has 2 N–H and O–H groups in total. The highest BCUT2D eigenvalue weighted by molar-refractivity contribution is 5.40. The number of ether oxygens (including phenoxy) is 1. The Bertz CT molecular complexity index is 587. The lowest BCUT2D eigenvalue weighted by atomic mass is 9.99. The maximum Gasteiger partial charge on any atom is 0.122 e. The highest BCUT2D eigenvalue weighted by atomic mass is 16.5. The van der Waals surface area contributed by atoms with E-state index in [-0.39, 0.29) is 0 Å². The SMILES string of the molecule is COc1ccc(C(C)C)cc1Cc1nc(CN)cn1C. The van der Waals surface area contributed by atoms with Crippen molar-refractivity contribution in [3.63, 3.8) is 0 Å². The van der Waals surface area contributed by atoms with Crippen molar-refractivity contribution >= 4 is 0 Å². The van der Waals surface area contributed by atoms with E-state index < -0.39 is 0 Å². The molecule has 0 fully saturated rings. The molecule has 4 heteroatoms. The lowest BCUT2D eigenvalue weighted by molar-refractivity contribution is 0.410. The van der Waals surface area contributed by atoms with Crippen LogP contribution in [0.5, 0.6) is 5.75 Å². The zero-order chi connectivity index (χ0) is 14.7. The highest BCUT2D eigenvalue weighted by Gasteiger charge is 2.11. The molecule has 2 aromatic rings. The first-order valence-corrected chi connectivity index (χ1v) is 6.93. The van der Waals surface area contributed by atoms with Crippen molar-refractivity contribution in [1.82, 2.24) is 9.55 Å². The summed E-state index contributed by atoms with van der Waals surface area (Å²) in [5.74, 6) is 2.41. The fraction of sp³-hybridized carbons (Fsp3) is 0.438. The predicted octanol–water partition coefficient (Wildman–Crippen LogP) is 2.60. The monoisotopic (exact) mass is 273 g/mol. The molecule has 0 atom stereocenters. The average molecular weight is 273 g/mol. The third-order valence-corrected chi connectivity index (χ3v) is 3.55. The number of benzene rings is 1. The molecule has 0 aliphatic heterocycles. The summed E-state index contributed by atoms with van der Waals surface area (Å²) in [5.41, 5.74) is 9.04. The summed E-state index contributed by atoms with van der Waals surface area (Å²) in [6.07, 6.45) is 2.73. The summed E-state index contributed by atoms with van der Waals surface area (Å²) in [6, 6.07) is 6.37. The highest BCUT2D eigenvalue weighted by Crippen LogP contribution is 2.26. The molecule has 1 heterocycles. The predicted molar refractivity (Wildman–Crippen MR) is 81.0 cm³/mol. The molecular formula is C16H23N3O. The van der Waals surface area contributed by atoms with E-state index >= 15 is 0 Å². The standard InChI is InChI=1S/C16H23N3O/c1-11(2)12-5-6-15(20-4)13(7-12)8-16-18-14(9-17)10-19(16)3/h5-7,10-11H,8-9,17H2,1-4H3. The van der Waals surface area contributed by atoms with Crippen LogP contribution in [-0.2, 0) is 20.0 Å². The van der Waals surface area contributed by atoms with E-state index in [1.165, 1.54) is 5.56 Å². The maximum atomic E-state index is 5.64. The number of rotatable bonds is 5. The van der Waals surface area contributed by atoms with Gasteiger partial charge in [-0.2, -0.15) is 0 Å². The minimum Gasteiger partial charge on any atom is -0.496 e. The molecule has 0 bridgehead atoms. The van der Waals surface area contributed by atoms with Crippen LogP contribution in [0.1, 0.15) is 42.4 Å². The quantitative estimate of drug-likeness (QED) is 0.911. The van der Waals surface area contributed by atoms with Crippen molar-refractivity contribution in [1.29, 1.82) is 0 Å². The van der Waals surface area contributed by atoms with Gasteiger partial charge in [0.05, 0.1) is 12.8 Å². The van der Waals surface area contributed by atoms with Crippen LogP contribution in [0.2, 0.25) is 0 Å². The Balaban J connectivity index is 2.35. The Morgan fingerprint density at radius 3 is 2.65 bits per heavy atom. The smallest absolute Gasteiger partial charge is 0.122 e. The number of hydrogen-bond acceptors (Lipinski definition) is 3. The van der Waals surface area contributed by atoms with Crippen LogP contribution < -0.4 is 10.5 Å². The number of methoxy groups -OCH3 is 1. The zero-order valence-corrected chi connectivity index (χ0v) is 12.7. The van der Waals surface area contributed by atoms with E-state index in [0.29, 0.717) is 12.5 Å². The van der Waals surface area contributed by atoms with Crippen molar-refractivity contribution < 1.29 is 4.74 Å². The van der Waals surface area contributed by atoms with Gasteiger partial charge < -0.3 is 15.0 Å². The van der Waals surface area contributed by atoms with Crippen LogP contribution in [0.4, 0.5) is 0 Å². The van der Waals surface area contributed by atoms with E-state index in [9.17, 15) is 0 Å². The molecule has 20 heavy (non-hydrogen) atoms. The van der Waals surface area contributed by atoms with Gasteiger partial charge in [-0.3, -0.25) is 0 Å². The van der Waals surface area contributed by atoms with Gasteiger partial charge in [0.1, 0.15) is 11.6 Å². The van der Waals surface area contributed by atoms with Gasteiger partial charge in [-0.05, 0) is 17.5 Å². The average Bonchev–Trinajstić information content (AvgIpc) is 2.79. The second-order valence-electron chi connectivity index (χ2n) is 5.37. The number of hydrogen-bond donors (Lipinski definition) is 1. The molecule has 0 saturated carbocycles. The van der Waals surface area contributed by atoms with Crippen LogP contribution in [0.3, 0.4) is 0 Å². The van der Waals surface area contributed by atoms with Gasteiger partial charge in [-0.15, -0.1) is 0 Å². The Morgan fingerprint density at radius 1 is 1.35 bits per heavy atom. The van der Waals surface area contributed by atoms with Gasteiger partial charge in [0, 0.05) is 31.8 Å². The molecule has 0 aliphatic carbocycles. The van der Waals surface area contributed by atoms with Crippen LogP contribution in [0.25, 0.3) is 0 Å². The minimum absolute atomic E-state index is 0.469. The fourth-order valence-corrected chi connectivity index (χ4v) is 2.30. The largest absolute Gasteiger partial charge is 0.496 e. The first-order valence-electron chi connectivity index (χ1n) is 6.93. The number of imidazole rings is 1. The molecule has 0 unspecified atom stereocenters. The zero-order valence-electron chi connectivity index (χ0n) is 12.7. The molecule has 0 spiro atoms. The van der Waals surface area contributed by atoms with Crippen molar-refractivity contribution in [2.75, 3.05) is 7.11 Å². The van der Waals surface area contributed by atoms with Gasteiger partial charge in [0.15, 0.2) is 0 Å². The first kappa shape index (κ1) is 14.6. The van der Waals surface area contributed by atoms with Gasteiger partial charge in [0.2, 0.25) is 0 Å². The molecule has 0 amide bonds. The maximum absolute atomic E-state index is 5.64. The molecule has 0 aliphatic rings. The third-order valence-electron chi connectivity index (χ3n) is 3.55. The van der Waals surface area contributed by atoms with E-state index in [4.69, 9.17) is 10.5 Å². The van der Waals surface area contributed by atoms with E-state index in [1.54, 1.807) is 7.11 Å². The lowest BCUT2D eigenvalue weighted by Crippen LogP contribution is -2.02. The summed E-state index contributed by atoms with van der Waals surface area (Å²) in [6.45, 7) is 4.86. The van der Waals surface area contributed by atoms with E-state index in [1.807, 2.05) is 23.9 Å². The summed E-state index contributed by atoms with van der Waals surface area (Å²) in [7, 11) is 3.71. The summed E-state index contributed by atoms with van der Waals surface area (Å²) in [4.78, 5) is 4.56. The lowest BCUT2D eigenvalue weighted by Gasteiger charge is -2.12. The van der Waals surface area contributed by atoms with Gasteiger partial charge in [0.25, 0.3) is 0 Å². The Kier molecular flexibility index (Phi) is 4.45. The Hall–Kier alpha value is -1.81. The molecular weight excluding hydrogens is 250 g/mol. The van der Waals surface area contributed by atoms with Crippen LogP contribution >= 0.6 is 0 Å². The second-order valence-corrected chi connectivity index (χ2v) is 5.37. The number of aryl methyl sites for hydroxylation is 1. The fourth-order valence-electron chi connectivity index (χ4n) is 2.30. The van der Waals surface area contributed by atoms with Crippen molar-refractivity contribution in [3.8, 4) is 5.75 Å². The van der Waals surface area contributed by atoms with Crippen molar-refractivity contribution in [3.05, 3.63) is 47.0 Å². The molecule has 1 aromatic carbocycles. The Morgan fingerprint density at radius 2 is 2.10 bits per heavy atom. The summed E-state index contributed by atoms with van der Waals surface area (Å²) in [5, 5.41) is 0. The van der Waals surface area contributed by atoms with Gasteiger partial charge >= 0.3 is 0 Å². The van der Waals surface area contributed by atoms with Crippen molar-refractivity contribution in [2.24, 2.45) is 12.8 Å². The van der Waals surface area contributed by atoms with E-state index in [2.05, 4.69) is 31.0 Å². The number of nitrogens with zero attached hydrogens (tertiary/aromatic N) is 2. The molecule has 4 nitrogen and oxygen atoms in total. The summed E-state index contributed by atoms with van der Waals surface area (Å²) < 4.78 is 7.49. The van der Waals surface area contributed by atoms with Crippen LogP contribution in [-0.4, -0.2) is 16.7 Å². The molecule has 108 valence electrons. The Labute approximate surface area is 120 Å². The van der Waals surface area contributed by atoms with Crippen LogP contribution in [0.15, 0.2) is 24.4 Å². The molecule has 0 radical (unpaired) electrons. The van der Waals surface area contributed by atoms with E-state index in [0.717, 1.165) is 29.3 Å². The van der Waals surface area contributed by atoms with Crippen molar-refractivity contribution in [2.45, 2.75) is 32.7 Å². The number of nitrogens with two attached hydrogens (primary N) is 1. The second kappa shape index (κ2) is 6.09. The third kappa shape index (κ3) is 3.02. The number of aromatic nitrogens is 2. The molecule has 1 aromatic heterocycles. The molecule has 0 saturated heterocycles. The van der Waals surface area contributed by atoms with Crippen LogP contribution in [0, 0.1) is 0 Å². The first-order chi connectivity index (χ1) is 9.55. The topological polar surface area (TPSA) is 53.1 Å². The van der Waals surface area contributed by atoms with Gasteiger partial charge in [-0.25, -0.2) is 4.98 Å². The normalized spacial score (nSPS) is 11.1.